The summed E-state index contributed by atoms with van der Waals surface area (Å²) in [4.78, 5) is 38.1. The lowest BCUT2D eigenvalue weighted by Gasteiger charge is -2.06. The Labute approximate surface area is 190 Å². The molecule has 3 heterocycles. The van der Waals surface area contributed by atoms with Crippen molar-refractivity contribution >= 4 is 57.3 Å². The second-order valence-corrected chi connectivity index (χ2v) is 9.29. The van der Waals surface area contributed by atoms with Gasteiger partial charge in [0.1, 0.15) is 15.7 Å². The first-order chi connectivity index (χ1) is 14.8. The molecule has 0 aromatic carbocycles. The maximum Gasteiger partial charge on any atom is 0.348 e. The van der Waals surface area contributed by atoms with Crippen molar-refractivity contribution in [3.05, 3.63) is 44.2 Å². The van der Waals surface area contributed by atoms with E-state index in [9.17, 15) is 14.4 Å². The molecule has 3 rings (SSSR count). The van der Waals surface area contributed by atoms with Crippen LogP contribution < -0.4 is 5.32 Å². The summed E-state index contributed by atoms with van der Waals surface area (Å²) in [6, 6.07) is 4.01. The largest absolute Gasteiger partial charge is 0.465 e. The highest BCUT2D eigenvalue weighted by molar-refractivity contribution is 7.99. The molecule has 0 aliphatic rings. The van der Waals surface area contributed by atoms with Gasteiger partial charge in [-0.25, -0.2) is 9.59 Å². The van der Waals surface area contributed by atoms with E-state index in [1.807, 2.05) is 29.1 Å². The molecular weight excluding hydrogens is 460 g/mol. The van der Waals surface area contributed by atoms with Crippen LogP contribution in [-0.2, 0) is 27.7 Å². The second-order valence-electron chi connectivity index (χ2n) is 6.29. The molecule has 3 aromatic rings. The van der Waals surface area contributed by atoms with Crippen molar-refractivity contribution in [1.29, 1.82) is 0 Å². The minimum Gasteiger partial charge on any atom is -0.465 e. The molecule has 3 aromatic heterocycles. The molecule has 9 nitrogen and oxygen atoms in total. The topological polar surface area (TPSA) is 112 Å². The number of carbonyl (C=O) groups is 3. The number of rotatable bonds is 8. The summed E-state index contributed by atoms with van der Waals surface area (Å²) in [6.45, 7) is 1.61. The summed E-state index contributed by atoms with van der Waals surface area (Å²) >= 11 is 3.85. The molecule has 0 bridgehead atoms. The third-order valence-corrected chi connectivity index (χ3v) is 7.41. The van der Waals surface area contributed by atoms with E-state index in [1.165, 1.54) is 30.9 Å². The number of nitrogens with one attached hydrogen (secondary N) is 1. The normalized spacial score (nSPS) is 10.7. The molecular formula is C19H20N4O5S3. The number of esters is 2. The number of nitrogens with zero attached hydrogens (tertiary/aromatic N) is 3. The van der Waals surface area contributed by atoms with Gasteiger partial charge in [0, 0.05) is 18.3 Å². The number of thiophene rings is 2. The molecule has 12 heteroatoms. The Bertz CT molecular complexity index is 1100. The molecule has 0 aliphatic carbocycles. The first-order valence-electron chi connectivity index (χ1n) is 8.99. The van der Waals surface area contributed by atoms with Gasteiger partial charge in [-0.2, -0.15) is 0 Å². The summed E-state index contributed by atoms with van der Waals surface area (Å²) in [7, 11) is 4.34. The van der Waals surface area contributed by atoms with E-state index in [1.54, 1.807) is 18.3 Å². The zero-order valence-electron chi connectivity index (χ0n) is 17.3. The smallest absolute Gasteiger partial charge is 0.348 e. The lowest BCUT2D eigenvalue weighted by atomic mass is 10.1. The van der Waals surface area contributed by atoms with Crippen molar-refractivity contribution in [2.24, 2.45) is 7.05 Å². The Morgan fingerprint density at radius 3 is 2.58 bits per heavy atom. The molecule has 164 valence electrons. The number of anilines is 1. The lowest BCUT2D eigenvalue weighted by Crippen LogP contribution is -2.16. The number of amides is 1. The van der Waals surface area contributed by atoms with Crippen LogP contribution in [0.1, 0.15) is 36.3 Å². The van der Waals surface area contributed by atoms with E-state index in [2.05, 4.69) is 15.5 Å². The molecule has 0 spiro atoms. The molecule has 1 amide bonds. The minimum atomic E-state index is -0.640. The highest BCUT2D eigenvalue weighted by atomic mass is 32.2. The van der Waals surface area contributed by atoms with Crippen LogP contribution >= 0.6 is 34.4 Å². The number of aromatic nitrogens is 3. The van der Waals surface area contributed by atoms with Gasteiger partial charge in [0.2, 0.25) is 5.91 Å². The third-order valence-electron chi connectivity index (χ3n) is 4.33. The number of hydrogen-bond donors (Lipinski definition) is 1. The van der Waals surface area contributed by atoms with Gasteiger partial charge in [0.05, 0.1) is 25.5 Å². The van der Waals surface area contributed by atoms with Crippen molar-refractivity contribution < 1.29 is 23.9 Å². The van der Waals surface area contributed by atoms with Gasteiger partial charge in [-0.1, -0.05) is 17.8 Å². The SMILES string of the molecule is COC(=O)c1sc(NC(=O)CSc2nnc(Cc3cccs3)n2C)c(C(=O)OC)c1C. The van der Waals surface area contributed by atoms with Crippen molar-refractivity contribution in [3.63, 3.8) is 0 Å². The standard InChI is InChI=1S/C19H20N4O5S3/c1-10-14(17(25)27-3)16(31-15(10)18(26)28-4)20-13(24)9-30-19-22-21-12(23(19)2)8-11-6-5-7-29-11/h5-7H,8-9H2,1-4H3,(H,20,24). The zero-order valence-corrected chi connectivity index (χ0v) is 19.7. The number of hydrogen-bond acceptors (Lipinski definition) is 10. The average Bonchev–Trinajstić information content (AvgIpc) is 3.47. The number of thioether (sulfide) groups is 1. The van der Waals surface area contributed by atoms with Gasteiger partial charge in [-0.05, 0) is 23.9 Å². The molecule has 0 saturated carbocycles. The predicted molar refractivity (Wildman–Crippen MR) is 119 cm³/mol. The monoisotopic (exact) mass is 480 g/mol. The Balaban J connectivity index is 1.69. The molecule has 0 aliphatic heterocycles. The van der Waals surface area contributed by atoms with Crippen LogP contribution in [-0.4, -0.2) is 52.6 Å². The van der Waals surface area contributed by atoms with Gasteiger partial charge >= 0.3 is 11.9 Å². The van der Waals surface area contributed by atoms with Gasteiger partial charge in [-0.3, -0.25) is 4.79 Å². The fourth-order valence-corrected chi connectivity index (χ4v) is 5.28. The van der Waals surface area contributed by atoms with E-state index < -0.39 is 11.9 Å². The molecule has 0 unspecified atom stereocenters. The number of ether oxygens (including phenoxy) is 2. The van der Waals surface area contributed by atoms with Crippen LogP contribution in [0.2, 0.25) is 0 Å². The van der Waals surface area contributed by atoms with E-state index in [-0.39, 0.29) is 27.1 Å². The number of carbonyl (C=O) groups excluding carboxylic acids is 3. The van der Waals surface area contributed by atoms with Crippen molar-refractivity contribution in [3.8, 4) is 0 Å². The van der Waals surface area contributed by atoms with Crippen molar-refractivity contribution in [2.45, 2.75) is 18.5 Å². The van der Waals surface area contributed by atoms with Gasteiger partial charge in [0.25, 0.3) is 0 Å². The maximum atomic E-state index is 12.5. The van der Waals surface area contributed by atoms with Crippen molar-refractivity contribution in [2.75, 3.05) is 25.3 Å². The van der Waals surface area contributed by atoms with Gasteiger partial charge in [0.15, 0.2) is 5.16 Å². The Morgan fingerprint density at radius 2 is 1.94 bits per heavy atom. The zero-order chi connectivity index (χ0) is 22.5. The molecule has 0 fully saturated rings. The van der Waals surface area contributed by atoms with Crippen molar-refractivity contribution in [1.82, 2.24) is 14.8 Å². The first-order valence-corrected chi connectivity index (χ1v) is 11.7. The first kappa shape index (κ1) is 23.0. The fourth-order valence-electron chi connectivity index (χ4n) is 2.72. The molecule has 0 saturated heterocycles. The van der Waals surface area contributed by atoms with Crippen LogP contribution in [0.5, 0.6) is 0 Å². The summed E-state index contributed by atoms with van der Waals surface area (Å²) in [5.74, 6) is -0.723. The van der Waals surface area contributed by atoms with Crippen LogP contribution in [0.4, 0.5) is 5.00 Å². The quantitative estimate of drug-likeness (QED) is 0.387. The lowest BCUT2D eigenvalue weighted by molar-refractivity contribution is -0.113. The third kappa shape index (κ3) is 5.14. The van der Waals surface area contributed by atoms with Gasteiger partial charge < -0.3 is 19.4 Å². The molecule has 0 radical (unpaired) electrons. The fraction of sp³-hybridized carbons (Fsp3) is 0.316. The highest BCUT2D eigenvalue weighted by Gasteiger charge is 2.27. The van der Waals surface area contributed by atoms with Gasteiger partial charge in [-0.15, -0.1) is 32.9 Å². The van der Waals surface area contributed by atoms with E-state index >= 15 is 0 Å². The second kappa shape index (κ2) is 10.1. The maximum absolute atomic E-state index is 12.5. The van der Waals surface area contributed by atoms with E-state index in [0.29, 0.717) is 17.1 Å². The number of methoxy groups -OCH3 is 2. The Morgan fingerprint density at radius 1 is 1.19 bits per heavy atom. The highest BCUT2D eigenvalue weighted by Crippen LogP contribution is 2.34. The van der Waals surface area contributed by atoms with Crippen LogP contribution in [0.3, 0.4) is 0 Å². The van der Waals surface area contributed by atoms with Crippen LogP contribution in [0, 0.1) is 6.92 Å². The summed E-state index contributed by atoms with van der Waals surface area (Å²) < 4.78 is 11.4. The molecule has 1 N–H and O–H groups in total. The Hall–Kier alpha value is -2.70. The summed E-state index contributed by atoms with van der Waals surface area (Å²) in [5.41, 5.74) is 0.543. The Kier molecular flexibility index (Phi) is 7.46. The summed E-state index contributed by atoms with van der Waals surface area (Å²) in [6.07, 6.45) is 0.668. The van der Waals surface area contributed by atoms with E-state index in [4.69, 9.17) is 9.47 Å². The predicted octanol–water partition coefficient (Wildman–Crippen LogP) is 3.14. The van der Waals surface area contributed by atoms with Crippen LogP contribution in [0.25, 0.3) is 0 Å². The average molecular weight is 481 g/mol. The minimum absolute atomic E-state index is 0.0517. The molecule has 31 heavy (non-hydrogen) atoms. The van der Waals surface area contributed by atoms with E-state index in [0.717, 1.165) is 17.2 Å². The van der Waals surface area contributed by atoms with Crippen LogP contribution in [0.15, 0.2) is 22.7 Å². The summed E-state index contributed by atoms with van der Waals surface area (Å²) in [5, 5.41) is 13.9. The molecule has 0 atom stereocenters.